The maximum Gasteiger partial charge on any atom is 0.306 e. The molecule has 0 aliphatic heterocycles. The first-order chi connectivity index (χ1) is 6.22. The molecule has 0 radical (unpaired) electrons. The lowest BCUT2D eigenvalue weighted by Crippen LogP contribution is -2.14. The quantitative estimate of drug-likeness (QED) is 0.571. The Labute approximate surface area is 80.3 Å². The standard InChI is InChI=1S/C10H21NO2/c1-2-3-6-9(10(12)13)7-4-5-8-11/h9H,2-8,11H2,1H3,(H,12,13). The van der Waals surface area contributed by atoms with E-state index in [-0.39, 0.29) is 5.92 Å². The summed E-state index contributed by atoms with van der Waals surface area (Å²) in [7, 11) is 0. The number of carboxylic acid groups (broad SMARTS) is 1. The van der Waals surface area contributed by atoms with E-state index in [1.165, 1.54) is 0 Å². The molecule has 0 aromatic rings. The molecule has 0 heterocycles. The van der Waals surface area contributed by atoms with Gasteiger partial charge in [-0.25, -0.2) is 0 Å². The summed E-state index contributed by atoms with van der Waals surface area (Å²) in [6.45, 7) is 2.75. The number of hydrogen-bond acceptors (Lipinski definition) is 2. The van der Waals surface area contributed by atoms with Gasteiger partial charge in [-0.2, -0.15) is 0 Å². The van der Waals surface area contributed by atoms with Crippen molar-refractivity contribution in [2.24, 2.45) is 11.7 Å². The molecule has 1 unspecified atom stereocenters. The third-order valence-electron chi connectivity index (χ3n) is 2.26. The van der Waals surface area contributed by atoms with E-state index in [1.54, 1.807) is 0 Å². The average Bonchev–Trinajstić information content (AvgIpc) is 2.10. The molecule has 0 aliphatic carbocycles. The van der Waals surface area contributed by atoms with Crippen LogP contribution >= 0.6 is 0 Å². The van der Waals surface area contributed by atoms with Gasteiger partial charge in [-0.1, -0.05) is 26.2 Å². The highest BCUT2D eigenvalue weighted by Crippen LogP contribution is 2.15. The van der Waals surface area contributed by atoms with E-state index in [1.807, 2.05) is 0 Å². The van der Waals surface area contributed by atoms with Crippen molar-refractivity contribution < 1.29 is 9.90 Å². The van der Waals surface area contributed by atoms with Crippen LogP contribution in [0.25, 0.3) is 0 Å². The van der Waals surface area contributed by atoms with Crippen LogP contribution < -0.4 is 5.73 Å². The van der Waals surface area contributed by atoms with Crippen LogP contribution in [0, 0.1) is 5.92 Å². The van der Waals surface area contributed by atoms with Crippen molar-refractivity contribution in [1.82, 2.24) is 0 Å². The molecule has 3 heteroatoms. The van der Waals surface area contributed by atoms with Gasteiger partial charge in [-0.05, 0) is 25.8 Å². The van der Waals surface area contributed by atoms with Gasteiger partial charge in [0.25, 0.3) is 0 Å². The van der Waals surface area contributed by atoms with Gasteiger partial charge in [0.1, 0.15) is 0 Å². The van der Waals surface area contributed by atoms with Gasteiger partial charge >= 0.3 is 5.97 Å². The van der Waals surface area contributed by atoms with Crippen LogP contribution in [0.2, 0.25) is 0 Å². The van der Waals surface area contributed by atoms with Gasteiger partial charge in [0.05, 0.1) is 5.92 Å². The second-order valence-electron chi connectivity index (χ2n) is 3.46. The molecule has 1 atom stereocenters. The molecule has 0 aliphatic rings. The molecule has 0 bridgehead atoms. The topological polar surface area (TPSA) is 63.3 Å². The number of carbonyl (C=O) groups is 1. The van der Waals surface area contributed by atoms with Crippen molar-refractivity contribution >= 4 is 5.97 Å². The zero-order valence-electron chi connectivity index (χ0n) is 8.46. The predicted octanol–water partition coefficient (Wildman–Crippen LogP) is 2.01. The van der Waals surface area contributed by atoms with Crippen LogP contribution in [-0.4, -0.2) is 17.6 Å². The summed E-state index contributed by atoms with van der Waals surface area (Å²) in [4.78, 5) is 10.8. The maximum absolute atomic E-state index is 10.8. The third kappa shape index (κ3) is 6.58. The van der Waals surface area contributed by atoms with Crippen LogP contribution in [-0.2, 0) is 4.79 Å². The van der Waals surface area contributed by atoms with Crippen LogP contribution in [0.15, 0.2) is 0 Å². The average molecular weight is 187 g/mol. The first-order valence-corrected chi connectivity index (χ1v) is 5.15. The molecular weight excluding hydrogens is 166 g/mol. The van der Waals surface area contributed by atoms with Crippen LogP contribution in [0.1, 0.15) is 45.4 Å². The van der Waals surface area contributed by atoms with Crippen molar-refractivity contribution in [3.8, 4) is 0 Å². The molecule has 0 amide bonds. The summed E-state index contributed by atoms with van der Waals surface area (Å²) in [5, 5.41) is 8.87. The highest BCUT2D eigenvalue weighted by molar-refractivity contribution is 5.69. The molecule has 0 saturated heterocycles. The highest BCUT2D eigenvalue weighted by Gasteiger charge is 2.15. The monoisotopic (exact) mass is 187 g/mol. The predicted molar refractivity (Wildman–Crippen MR) is 53.6 cm³/mol. The number of unbranched alkanes of at least 4 members (excludes halogenated alkanes) is 2. The molecule has 0 aromatic heterocycles. The summed E-state index contributed by atoms with van der Waals surface area (Å²) in [5.74, 6) is -0.794. The number of carboxylic acids is 1. The Kier molecular flexibility index (Phi) is 7.69. The smallest absolute Gasteiger partial charge is 0.306 e. The second-order valence-corrected chi connectivity index (χ2v) is 3.46. The SMILES string of the molecule is CCCCC(CCCCN)C(=O)O. The van der Waals surface area contributed by atoms with Gasteiger partial charge < -0.3 is 10.8 Å². The van der Waals surface area contributed by atoms with Crippen molar-refractivity contribution in [2.75, 3.05) is 6.54 Å². The minimum absolute atomic E-state index is 0.147. The minimum Gasteiger partial charge on any atom is -0.481 e. The molecule has 0 rings (SSSR count). The summed E-state index contributed by atoms with van der Waals surface area (Å²) >= 11 is 0. The van der Waals surface area contributed by atoms with E-state index in [9.17, 15) is 4.79 Å². The number of aliphatic carboxylic acids is 1. The Morgan fingerprint density at radius 1 is 1.31 bits per heavy atom. The third-order valence-corrected chi connectivity index (χ3v) is 2.26. The Morgan fingerprint density at radius 2 is 1.92 bits per heavy atom. The molecule has 0 aromatic carbocycles. The van der Waals surface area contributed by atoms with E-state index in [0.717, 1.165) is 38.5 Å². The summed E-state index contributed by atoms with van der Waals surface area (Å²) in [6.07, 6.45) is 5.57. The normalized spacial score (nSPS) is 12.8. The van der Waals surface area contributed by atoms with Crippen molar-refractivity contribution in [2.45, 2.75) is 45.4 Å². The largest absolute Gasteiger partial charge is 0.481 e. The molecule has 3 N–H and O–H groups in total. The maximum atomic E-state index is 10.8. The van der Waals surface area contributed by atoms with Crippen LogP contribution in [0.4, 0.5) is 0 Å². The highest BCUT2D eigenvalue weighted by atomic mass is 16.4. The van der Waals surface area contributed by atoms with E-state index in [2.05, 4.69) is 6.92 Å². The summed E-state index contributed by atoms with van der Waals surface area (Å²) in [6, 6.07) is 0. The van der Waals surface area contributed by atoms with Crippen molar-refractivity contribution in [3.05, 3.63) is 0 Å². The fourth-order valence-electron chi connectivity index (χ4n) is 1.38. The molecule has 3 nitrogen and oxygen atoms in total. The first-order valence-electron chi connectivity index (χ1n) is 5.15. The molecule has 0 spiro atoms. The van der Waals surface area contributed by atoms with Crippen LogP contribution in [0.3, 0.4) is 0 Å². The van der Waals surface area contributed by atoms with Crippen molar-refractivity contribution in [3.63, 3.8) is 0 Å². The lowest BCUT2D eigenvalue weighted by molar-refractivity contribution is -0.142. The lowest BCUT2D eigenvalue weighted by atomic mass is 9.96. The first kappa shape index (κ1) is 12.4. The van der Waals surface area contributed by atoms with E-state index in [0.29, 0.717) is 6.54 Å². The lowest BCUT2D eigenvalue weighted by Gasteiger charge is -2.10. The van der Waals surface area contributed by atoms with Crippen LogP contribution in [0.5, 0.6) is 0 Å². The molecular formula is C10H21NO2. The number of nitrogens with two attached hydrogens (primary N) is 1. The van der Waals surface area contributed by atoms with E-state index < -0.39 is 5.97 Å². The van der Waals surface area contributed by atoms with Gasteiger partial charge in [-0.15, -0.1) is 0 Å². The number of rotatable bonds is 8. The zero-order chi connectivity index (χ0) is 10.1. The number of hydrogen-bond donors (Lipinski definition) is 2. The fourth-order valence-corrected chi connectivity index (χ4v) is 1.38. The Morgan fingerprint density at radius 3 is 2.38 bits per heavy atom. The Hall–Kier alpha value is -0.570. The van der Waals surface area contributed by atoms with Gasteiger partial charge in [-0.3, -0.25) is 4.79 Å². The fraction of sp³-hybridized carbons (Fsp3) is 0.900. The minimum atomic E-state index is -0.648. The van der Waals surface area contributed by atoms with Gasteiger partial charge in [0, 0.05) is 0 Å². The summed E-state index contributed by atoms with van der Waals surface area (Å²) < 4.78 is 0. The van der Waals surface area contributed by atoms with Gasteiger partial charge in [0.2, 0.25) is 0 Å². The summed E-state index contributed by atoms with van der Waals surface area (Å²) in [5.41, 5.74) is 5.34. The molecule has 0 fully saturated rings. The van der Waals surface area contributed by atoms with E-state index in [4.69, 9.17) is 10.8 Å². The Balaban J connectivity index is 3.61. The molecule has 0 saturated carbocycles. The zero-order valence-corrected chi connectivity index (χ0v) is 8.46. The van der Waals surface area contributed by atoms with Gasteiger partial charge in [0.15, 0.2) is 0 Å². The van der Waals surface area contributed by atoms with Crippen molar-refractivity contribution in [1.29, 1.82) is 0 Å². The van der Waals surface area contributed by atoms with E-state index >= 15 is 0 Å². The Bertz CT molecular complexity index is 137. The molecule has 13 heavy (non-hydrogen) atoms. The second kappa shape index (κ2) is 8.05. The molecule has 78 valence electrons.